The smallest absolute Gasteiger partial charge is 0.293 e. The van der Waals surface area contributed by atoms with Gasteiger partial charge in [-0.3, -0.25) is 14.2 Å². The van der Waals surface area contributed by atoms with Gasteiger partial charge in [0, 0.05) is 33.2 Å². The van der Waals surface area contributed by atoms with E-state index in [0.29, 0.717) is 12.5 Å². The fraction of sp³-hybridized carbons (Fsp3) is 0.435. The van der Waals surface area contributed by atoms with Gasteiger partial charge in [0.2, 0.25) is 5.95 Å². The minimum atomic E-state index is -0.332. The lowest BCUT2D eigenvalue weighted by Crippen LogP contribution is -2.44. The van der Waals surface area contributed by atoms with Gasteiger partial charge in [0.15, 0.2) is 5.52 Å². The van der Waals surface area contributed by atoms with Gasteiger partial charge in [-0.05, 0) is 37.5 Å². The first-order valence-corrected chi connectivity index (χ1v) is 11.3. The molecule has 0 spiro atoms. The molecule has 4 aromatic rings. The summed E-state index contributed by atoms with van der Waals surface area (Å²) < 4.78 is 6.22. The molecule has 0 amide bonds. The number of piperidine rings is 1. The molecule has 1 aromatic carbocycles. The number of aryl methyl sites for hydroxylation is 1. The second kappa shape index (κ2) is 8.46. The number of nitrogens with two attached hydrogens (primary N) is 1. The number of hydrogen-bond donors (Lipinski definition) is 1. The van der Waals surface area contributed by atoms with Crippen LogP contribution < -0.4 is 21.8 Å². The lowest BCUT2D eigenvalue weighted by Gasteiger charge is -2.31. The van der Waals surface area contributed by atoms with Gasteiger partial charge in [0.05, 0.1) is 18.6 Å². The average Bonchev–Trinajstić information content (AvgIpc) is 3.40. The summed E-state index contributed by atoms with van der Waals surface area (Å²) in [5.74, 6) is 6.48. The topological polar surface area (TPSA) is 122 Å². The standard InChI is InChI=1S/C23H27N9O2/c1-4-5-11-31-20-19(25-23(31)30-10-6-7-16(24)14-30)21(33)29(3)32(22(20)34)13-15-8-9-18-17(12-15)26-27-28(18)2/h8-9,12,16H,6-7,10-11,13-14,24H2,1-3H3. The van der Waals surface area contributed by atoms with Gasteiger partial charge in [0.25, 0.3) is 11.1 Å². The summed E-state index contributed by atoms with van der Waals surface area (Å²) in [6.45, 7) is 3.61. The summed E-state index contributed by atoms with van der Waals surface area (Å²) in [4.78, 5) is 33.7. The third-order valence-electron chi connectivity index (χ3n) is 6.41. The lowest BCUT2D eigenvalue weighted by molar-refractivity contribution is 0.495. The molecular weight excluding hydrogens is 434 g/mol. The van der Waals surface area contributed by atoms with E-state index in [9.17, 15) is 9.59 Å². The molecule has 1 fully saturated rings. The van der Waals surface area contributed by atoms with Crippen LogP contribution in [0.5, 0.6) is 0 Å². The highest BCUT2D eigenvalue weighted by Gasteiger charge is 2.26. The molecule has 5 rings (SSSR count). The molecule has 0 saturated carbocycles. The number of anilines is 1. The maximum absolute atomic E-state index is 13.7. The molecule has 0 aliphatic carbocycles. The van der Waals surface area contributed by atoms with Crippen molar-refractivity contribution in [3.05, 3.63) is 44.5 Å². The maximum Gasteiger partial charge on any atom is 0.293 e. The number of imidazole rings is 1. The average molecular weight is 462 g/mol. The van der Waals surface area contributed by atoms with E-state index in [0.717, 1.165) is 36.0 Å². The van der Waals surface area contributed by atoms with Crippen molar-refractivity contribution in [2.24, 2.45) is 19.8 Å². The van der Waals surface area contributed by atoms with E-state index in [1.54, 1.807) is 23.2 Å². The summed E-state index contributed by atoms with van der Waals surface area (Å²) in [5.41, 5.74) is 8.44. The molecule has 1 aliphatic rings. The Bertz CT molecular complexity index is 1580. The molecule has 0 bridgehead atoms. The Morgan fingerprint density at radius 3 is 2.79 bits per heavy atom. The zero-order valence-corrected chi connectivity index (χ0v) is 19.5. The van der Waals surface area contributed by atoms with Gasteiger partial charge in [-0.25, -0.2) is 19.0 Å². The second-order valence-corrected chi connectivity index (χ2v) is 8.70. The van der Waals surface area contributed by atoms with E-state index in [4.69, 9.17) is 5.73 Å². The fourth-order valence-corrected chi connectivity index (χ4v) is 4.60. The number of benzene rings is 1. The Morgan fingerprint density at radius 2 is 2.03 bits per heavy atom. The monoisotopic (exact) mass is 461 g/mol. The minimum Gasteiger partial charge on any atom is -0.341 e. The normalized spacial score (nSPS) is 16.2. The summed E-state index contributed by atoms with van der Waals surface area (Å²) >= 11 is 0. The summed E-state index contributed by atoms with van der Waals surface area (Å²) in [6.07, 6.45) is 1.87. The Kier molecular flexibility index (Phi) is 5.45. The lowest BCUT2D eigenvalue weighted by atomic mass is 10.1. The zero-order chi connectivity index (χ0) is 24.0. The first-order valence-electron chi connectivity index (χ1n) is 11.3. The van der Waals surface area contributed by atoms with Crippen molar-refractivity contribution >= 4 is 28.0 Å². The van der Waals surface area contributed by atoms with E-state index in [2.05, 4.69) is 32.0 Å². The summed E-state index contributed by atoms with van der Waals surface area (Å²) in [7, 11) is 3.41. The van der Waals surface area contributed by atoms with Crippen LogP contribution in [0.3, 0.4) is 0 Å². The van der Waals surface area contributed by atoms with Crippen molar-refractivity contribution in [1.82, 2.24) is 33.9 Å². The molecule has 11 heteroatoms. The van der Waals surface area contributed by atoms with Crippen molar-refractivity contribution in [2.45, 2.75) is 38.9 Å². The second-order valence-electron chi connectivity index (χ2n) is 8.70. The molecule has 11 nitrogen and oxygen atoms in total. The minimum absolute atomic E-state index is 0.0229. The van der Waals surface area contributed by atoms with Gasteiger partial charge in [-0.2, -0.15) is 0 Å². The van der Waals surface area contributed by atoms with Crippen molar-refractivity contribution in [3.8, 4) is 11.8 Å². The van der Waals surface area contributed by atoms with Crippen LogP contribution in [0, 0.1) is 11.8 Å². The van der Waals surface area contributed by atoms with Gasteiger partial charge in [0.1, 0.15) is 11.0 Å². The molecule has 1 saturated heterocycles. The van der Waals surface area contributed by atoms with E-state index in [1.165, 1.54) is 9.36 Å². The van der Waals surface area contributed by atoms with E-state index < -0.39 is 0 Å². The Morgan fingerprint density at radius 1 is 1.21 bits per heavy atom. The van der Waals surface area contributed by atoms with Crippen LogP contribution in [0.25, 0.3) is 22.1 Å². The first kappa shape index (κ1) is 21.9. The molecule has 34 heavy (non-hydrogen) atoms. The van der Waals surface area contributed by atoms with E-state index >= 15 is 0 Å². The van der Waals surface area contributed by atoms with Gasteiger partial charge in [-0.15, -0.1) is 11.0 Å². The number of aromatic nitrogens is 7. The van der Waals surface area contributed by atoms with Crippen LogP contribution in [0.4, 0.5) is 5.95 Å². The molecular formula is C23H27N9O2. The van der Waals surface area contributed by atoms with Gasteiger partial charge in [-0.1, -0.05) is 17.2 Å². The van der Waals surface area contributed by atoms with Crippen LogP contribution in [-0.2, 0) is 27.2 Å². The molecule has 0 radical (unpaired) electrons. The molecule has 3 aromatic heterocycles. The number of fused-ring (bicyclic) bond motifs is 2. The maximum atomic E-state index is 13.7. The highest BCUT2D eigenvalue weighted by atomic mass is 16.2. The number of nitrogens with zero attached hydrogens (tertiary/aromatic N) is 8. The van der Waals surface area contributed by atoms with Gasteiger partial charge >= 0.3 is 0 Å². The van der Waals surface area contributed by atoms with Crippen molar-refractivity contribution in [2.75, 3.05) is 18.0 Å². The van der Waals surface area contributed by atoms with Crippen LogP contribution in [0.15, 0.2) is 27.8 Å². The van der Waals surface area contributed by atoms with Crippen LogP contribution in [-0.4, -0.2) is 53.0 Å². The van der Waals surface area contributed by atoms with E-state index in [1.807, 2.05) is 25.2 Å². The van der Waals surface area contributed by atoms with Crippen molar-refractivity contribution in [3.63, 3.8) is 0 Å². The predicted molar refractivity (Wildman–Crippen MR) is 130 cm³/mol. The van der Waals surface area contributed by atoms with Crippen molar-refractivity contribution in [1.29, 1.82) is 0 Å². The molecule has 176 valence electrons. The SMILES string of the molecule is CC#CCn1c(N2CCCC(N)C2)nc2c(=O)n(C)n(Cc3ccc4c(c3)nnn4C)c(=O)c21. The zero-order valence-electron chi connectivity index (χ0n) is 19.5. The summed E-state index contributed by atoms with van der Waals surface area (Å²) in [6, 6.07) is 5.72. The quantitative estimate of drug-likeness (QED) is 0.430. The largest absolute Gasteiger partial charge is 0.341 e. The predicted octanol–water partition coefficient (Wildman–Crippen LogP) is 0.178. The third kappa shape index (κ3) is 3.56. The summed E-state index contributed by atoms with van der Waals surface area (Å²) in [5, 5.41) is 8.19. The number of hydrogen-bond acceptors (Lipinski definition) is 7. The molecule has 2 N–H and O–H groups in total. The Balaban J connectivity index is 1.67. The van der Waals surface area contributed by atoms with E-state index in [-0.39, 0.29) is 41.3 Å². The van der Waals surface area contributed by atoms with Crippen LogP contribution in [0.1, 0.15) is 25.3 Å². The first-order chi connectivity index (χ1) is 16.4. The van der Waals surface area contributed by atoms with Crippen molar-refractivity contribution < 1.29 is 0 Å². The van der Waals surface area contributed by atoms with Gasteiger partial charge < -0.3 is 10.6 Å². The number of rotatable bonds is 4. The molecule has 1 atom stereocenters. The highest BCUT2D eigenvalue weighted by molar-refractivity contribution is 5.77. The van der Waals surface area contributed by atoms with Crippen LogP contribution >= 0.6 is 0 Å². The Hall–Kier alpha value is -3.91. The fourth-order valence-electron chi connectivity index (χ4n) is 4.60. The van der Waals surface area contributed by atoms with Crippen LogP contribution in [0.2, 0.25) is 0 Å². The molecule has 1 aliphatic heterocycles. The highest BCUT2D eigenvalue weighted by Crippen LogP contribution is 2.22. The molecule has 4 heterocycles. The Labute approximate surface area is 195 Å². The third-order valence-corrected chi connectivity index (χ3v) is 6.41. The molecule has 1 unspecified atom stereocenters.